The summed E-state index contributed by atoms with van der Waals surface area (Å²) in [6.45, 7) is 0. The summed E-state index contributed by atoms with van der Waals surface area (Å²) >= 11 is 0. The molecule has 8 heteroatoms. The van der Waals surface area contributed by atoms with Gasteiger partial charge in [-0.3, -0.25) is 14.9 Å². The van der Waals surface area contributed by atoms with Crippen LogP contribution in [0, 0.1) is 10.1 Å². The Bertz CT molecular complexity index is 1270. The van der Waals surface area contributed by atoms with E-state index in [-0.39, 0.29) is 11.6 Å². The van der Waals surface area contributed by atoms with Gasteiger partial charge in [0.1, 0.15) is 0 Å². The first-order valence-electron chi connectivity index (χ1n) is 9.32. The first-order valence-corrected chi connectivity index (χ1v) is 9.32. The van der Waals surface area contributed by atoms with Crippen molar-refractivity contribution in [1.82, 2.24) is 10.1 Å². The van der Waals surface area contributed by atoms with Gasteiger partial charge >= 0.3 is 0 Å². The Balaban J connectivity index is 1.53. The monoisotopic (exact) mass is 412 g/mol. The number of anilines is 1. The van der Waals surface area contributed by atoms with Gasteiger partial charge in [0.05, 0.1) is 16.2 Å². The Morgan fingerprint density at radius 1 is 1.00 bits per heavy atom. The maximum absolute atomic E-state index is 12.4. The molecule has 0 saturated carbocycles. The van der Waals surface area contributed by atoms with E-state index in [1.807, 2.05) is 30.3 Å². The van der Waals surface area contributed by atoms with Crippen LogP contribution in [-0.4, -0.2) is 21.0 Å². The molecule has 0 aliphatic carbocycles. The smallest absolute Gasteiger partial charge is 0.270 e. The van der Waals surface area contributed by atoms with Gasteiger partial charge in [0, 0.05) is 23.8 Å². The number of nitrogens with one attached hydrogen (secondary N) is 1. The highest BCUT2D eigenvalue weighted by atomic mass is 16.6. The van der Waals surface area contributed by atoms with Crippen molar-refractivity contribution in [3.63, 3.8) is 0 Å². The Labute approximate surface area is 177 Å². The minimum Gasteiger partial charge on any atom is -0.334 e. The SMILES string of the molecule is O=C(/C=C/c1cccc([N+](=O)[O-])c1)Nc1ccccc1-c1nc(-c2ccccc2)no1. The van der Waals surface area contributed by atoms with Crippen molar-refractivity contribution in [2.45, 2.75) is 0 Å². The molecular formula is C23H16N4O4. The molecule has 1 amide bonds. The van der Waals surface area contributed by atoms with Crippen molar-refractivity contribution in [1.29, 1.82) is 0 Å². The summed E-state index contributed by atoms with van der Waals surface area (Å²) in [7, 11) is 0. The Morgan fingerprint density at radius 2 is 1.77 bits per heavy atom. The summed E-state index contributed by atoms with van der Waals surface area (Å²) < 4.78 is 5.40. The third-order valence-electron chi connectivity index (χ3n) is 4.38. The minimum absolute atomic E-state index is 0.0430. The molecule has 152 valence electrons. The number of nitrogens with zero attached hydrogens (tertiary/aromatic N) is 3. The molecule has 8 nitrogen and oxygen atoms in total. The van der Waals surface area contributed by atoms with E-state index in [4.69, 9.17) is 4.52 Å². The highest BCUT2D eigenvalue weighted by Crippen LogP contribution is 2.28. The van der Waals surface area contributed by atoms with E-state index in [0.717, 1.165) is 5.56 Å². The van der Waals surface area contributed by atoms with Gasteiger partial charge in [-0.25, -0.2) is 0 Å². The van der Waals surface area contributed by atoms with Crippen LogP contribution in [0.15, 0.2) is 89.5 Å². The molecule has 3 aromatic carbocycles. The highest BCUT2D eigenvalue weighted by molar-refractivity contribution is 6.03. The third-order valence-corrected chi connectivity index (χ3v) is 4.38. The normalized spacial score (nSPS) is 10.8. The lowest BCUT2D eigenvalue weighted by atomic mass is 10.1. The number of hydrogen-bond donors (Lipinski definition) is 1. The summed E-state index contributed by atoms with van der Waals surface area (Å²) in [5, 5.41) is 17.7. The van der Waals surface area contributed by atoms with Crippen LogP contribution in [0.5, 0.6) is 0 Å². The summed E-state index contributed by atoms with van der Waals surface area (Å²) in [6, 6.07) is 22.5. The zero-order valence-electron chi connectivity index (χ0n) is 16.1. The lowest BCUT2D eigenvalue weighted by Gasteiger charge is -2.06. The fraction of sp³-hybridized carbons (Fsp3) is 0. The number of amides is 1. The number of nitro benzene ring substituents is 1. The van der Waals surface area contributed by atoms with Crippen molar-refractivity contribution >= 4 is 23.4 Å². The molecule has 0 aliphatic rings. The minimum atomic E-state index is -0.484. The topological polar surface area (TPSA) is 111 Å². The fourth-order valence-electron chi connectivity index (χ4n) is 2.90. The number of para-hydroxylation sites is 1. The Morgan fingerprint density at radius 3 is 2.58 bits per heavy atom. The predicted molar refractivity (Wildman–Crippen MR) is 116 cm³/mol. The van der Waals surface area contributed by atoms with Crippen molar-refractivity contribution in [3.8, 4) is 22.8 Å². The van der Waals surface area contributed by atoms with Crippen molar-refractivity contribution in [2.24, 2.45) is 0 Å². The summed E-state index contributed by atoms with van der Waals surface area (Å²) in [5.74, 6) is 0.321. The average Bonchev–Trinajstić information content (AvgIpc) is 3.29. The van der Waals surface area contributed by atoms with Crippen molar-refractivity contribution < 1.29 is 14.2 Å². The van der Waals surface area contributed by atoms with Crippen molar-refractivity contribution in [3.05, 3.63) is 101 Å². The maximum atomic E-state index is 12.4. The van der Waals surface area contributed by atoms with E-state index in [1.54, 1.807) is 36.4 Å². The van der Waals surface area contributed by atoms with Crippen LogP contribution in [0.4, 0.5) is 11.4 Å². The van der Waals surface area contributed by atoms with Crippen LogP contribution < -0.4 is 5.32 Å². The number of carbonyl (C=O) groups is 1. The van der Waals surface area contributed by atoms with Gasteiger partial charge in [0.2, 0.25) is 11.7 Å². The van der Waals surface area contributed by atoms with Gasteiger partial charge < -0.3 is 9.84 Å². The second-order valence-electron chi connectivity index (χ2n) is 6.51. The number of carbonyl (C=O) groups excluding carboxylic acids is 1. The van der Waals surface area contributed by atoms with Crippen LogP contribution in [0.3, 0.4) is 0 Å². The number of non-ortho nitro benzene ring substituents is 1. The zero-order valence-corrected chi connectivity index (χ0v) is 16.1. The van der Waals surface area contributed by atoms with E-state index in [0.29, 0.717) is 22.6 Å². The molecular weight excluding hydrogens is 396 g/mol. The maximum Gasteiger partial charge on any atom is 0.270 e. The molecule has 0 fully saturated rings. The van der Waals surface area contributed by atoms with Gasteiger partial charge in [0.25, 0.3) is 11.6 Å². The molecule has 1 aromatic heterocycles. The molecule has 0 unspecified atom stereocenters. The first kappa shape index (κ1) is 19.7. The molecule has 0 bridgehead atoms. The summed E-state index contributed by atoms with van der Waals surface area (Å²) in [5.41, 5.74) is 2.40. The summed E-state index contributed by atoms with van der Waals surface area (Å²) in [4.78, 5) is 27.2. The molecule has 4 aromatic rings. The van der Waals surface area contributed by atoms with Crippen LogP contribution in [0.2, 0.25) is 0 Å². The molecule has 0 spiro atoms. The molecule has 0 aliphatic heterocycles. The Kier molecular flexibility index (Phi) is 5.62. The van der Waals surface area contributed by atoms with Crippen molar-refractivity contribution in [2.75, 3.05) is 5.32 Å². The van der Waals surface area contributed by atoms with E-state index in [2.05, 4.69) is 15.5 Å². The number of rotatable bonds is 6. The molecule has 4 rings (SSSR count). The molecule has 0 saturated heterocycles. The number of aromatic nitrogens is 2. The lowest BCUT2D eigenvalue weighted by molar-refractivity contribution is -0.384. The van der Waals surface area contributed by atoms with Gasteiger partial charge in [-0.1, -0.05) is 59.8 Å². The molecule has 0 atom stereocenters. The van der Waals surface area contributed by atoms with E-state index >= 15 is 0 Å². The van der Waals surface area contributed by atoms with E-state index in [1.165, 1.54) is 24.3 Å². The first-order chi connectivity index (χ1) is 15.1. The largest absolute Gasteiger partial charge is 0.334 e. The molecule has 1 heterocycles. The van der Waals surface area contributed by atoms with E-state index in [9.17, 15) is 14.9 Å². The Hall–Kier alpha value is -4.59. The van der Waals surface area contributed by atoms with Gasteiger partial charge in [-0.2, -0.15) is 4.98 Å². The fourth-order valence-corrected chi connectivity index (χ4v) is 2.90. The average molecular weight is 412 g/mol. The second kappa shape index (κ2) is 8.83. The van der Waals surface area contributed by atoms with Gasteiger partial charge in [0.15, 0.2) is 0 Å². The van der Waals surface area contributed by atoms with Crippen LogP contribution >= 0.6 is 0 Å². The van der Waals surface area contributed by atoms with Gasteiger partial charge in [-0.15, -0.1) is 0 Å². The van der Waals surface area contributed by atoms with Crippen LogP contribution in [-0.2, 0) is 4.79 Å². The quantitative estimate of drug-likeness (QED) is 0.272. The molecule has 31 heavy (non-hydrogen) atoms. The highest BCUT2D eigenvalue weighted by Gasteiger charge is 2.14. The third kappa shape index (κ3) is 4.70. The second-order valence-corrected chi connectivity index (χ2v) is 6.51. The number of hydrogen-bond acceptors (Lipinski definition) is 6. The van der Waals surface area contributed by atoms with Crippen LogP contribution in [0.25, 0.3) is 28.9 Å². The number of nitro groups is 1. The van der Waals surface area contributed by atoms with Gasteiger partial charge in [-0.05, 0) is 23.8 Å². The number of benzene rings is 3. The predicted octanol–water partition coefficient (Wildman–Crippen LogP) is 4.96. The van der Waals surface area contributed by atoms with E-state index < -0.39 is 10.8 Å². The standard InChI is InChI=1S/C23H16N4O4/c28-21(14-13-16-7-6-10-18(15-16)27(29)30)24-20-12-5-4-11-19(20)23-25-22(26-31-23)17-8-2-1-3-9-17/h1-15H,(H,24,28)/b14-13+. The lowest BCUT2D eigenvalue weighted by Crippen LogP contribution is -2.08. The van der Waals surface area contributed by atoms with Crippen LogP contribution in [0.1, 0.15) is 5.56 Å². The summed E-state index contributed by atoms with van der Waals surface area (Å²) in [6.07, 6.45) is 2.81. The molecule has 0 radical (unpaired) electrons. The zero-order chi connectivity index (χ0) is 21.6. The molecule has 1 N–H and O–H groups in total.